The van der Waals surface area contributed by atoms with Crippen LogP contribution in [0.4, 0.5) is 5.69 Å². The Kier molecular flexibility index (Phi) is 3.67. The van der Waals surface area contributed by atoms with Gasteiger partial charge < -0.3 is 5.73 Å². The first kappa shape index (κ1) is 12.0. The monoisotopic (exact) mass is 305 g/mol. The fourth-order valence-electron chi connectivity index (χ4n) is 1.29. The van der Waals surface area contributed by atoms with Gasteiger partial charge in [0.05, 0.1) is 11.3 Å². The van der Waals surface area contributed by atoms with Gasteiger partial charge in [-0.05, 0) is 40.2 Å². The lowest BCUT2D eigenvalue weighted by Gasteiger charge is -2.06. The summed E-state index contributed by atoms with van der Waals surface area (Å²) in [7, 11) is 0. The molecule has 0 fully saturated rings. The Morgan fingerprint density at radius 2 is 2.12 bits per heavy atom. The van der Waals surface area contributed by atoms with Crippen molar-refractivity contribution in [2.75, 3.05) is 5.73 Å². The lowest BCUT2D eigenvalue weighted by atomic mass is 10.2. The second-order valence-corrected chi connectivity index (χ2v) is 5.11. The maximum atomic E-state index is 9.10. The molecule has 0 aliphatic heterocycles. The third-order valence-electron chi connectivity index (χ3n) is 2.09. The number of hydrogen-bond donors (Lipinski definition) is 1. The molecular weight excluding hydrogens is 298 g/mol. The number of nitrogen functional groups attached to an aromatic ring is 1. The van der Waals surface area contributed by atoms with Gasteiger partial charge in [0.1, 0.15) is 11.1 Å². The number of nitrogens with zero attached hydrogens (tertiary/aromatic N) is 2. The lowest BCUT2D eigenvalue weighted by Crippen LogP contribution is -1.91. The highest BCUT2D eigenvalue weighted by Gasteiger charge is 2.09. The van der Waals surface area contributed by atoms with Crippen LogP contribution in [0.15, 0.2) is 50.9 Å². The number of benzene rings is 1. The smallest absolute Gasteiger partial charge is 0.124 e. The molecule has 2 N–H and O–H groups in total. The number of aromatic nitrogens is 1. The first-order chi connectivity index (χ1) is 8.22. The first-order valence-electron chi connectivity index (χ1n) is 4.79. The Bertz CT molecular complexity index is 593. The van der Waals surface area contributed by atoms with E-state index in [4.69, 9.17) is 11.0 Å². The summed E-state index contributed by atoms with van der Waals surface area (Å²) in [6.45, 7) is 0. The topological polar surface area (TPSA) is 62.7 Å². The molecule has 2 aromatic rings. The number of hydrogen-bond acceptors (Lipinski definition) is 4. The maximum Gasteiger partial charge on any atom is 0.124 e. The molecule has 0 atom stereocenters. The zero-order valence-corrected chi connectivity index (χ0v) is 11.1. The Morgan fingerprint density at radius 1 is 1.29 bits per heavy atom. The highest BCUT2D eigenvalue weighted by atomic mass is 79.9. The fraction of sp³-hybridized carbons (Fsp3) is 0. The molecule has 17 heavy (non-hydrogen) atoms. The van der Waals surface area contributed by atoms with Crippen molar-refractivity contribution in [2.45, 2.75) is 9.92 Å². The summed E-state index contributed by atoms with van der Waals surface area (Å²) in [6, 6.07) is 11.3. The molecule has 0 saturated carbocycles. The summed E-state index contributed by atoms with van der Waals surface area (Å²) < 4.78 is 0.777. The molecule has 0 saturated heterocycles. The average Bonchev–Trinajstić information content (AvgIpc) is 2.32. The Morgan fingerprint density at radius 3 is 2.82 bits per heavy atom. The van der Waals surface area contributed by atoms with Gasteiger partial charge in [-0.2, -0.15) is 5.26 Å². The van der Waals surface area contributed by atoms with Crippen LogP contribution in [0.5, 0.6) is 0 Å². The molecule has 2 rings (SSSR count). The van der Waals surface area contributed by atoms with Gasteiger partial charge >= 0.3 is 0 Å². The van der Waals surface area contributed by atoms with Crippen molar-refractivity contribution in [2.24, 2.45) is 0 Å². The largest absolute Gasteiger partial charge is 0.397 e. The van der Waals surface area contributed by atoms with E-state index < -0.39 is 0 Å². The first-order valence-corrected chi connectivity index (χ1v) is 6.40. The van der Waals surface area contributed by atoms with E-state index in [9.17, 15) is 0 Å². The molecule has 0 radical (unpaired) electrons. The second-order valence-electron chi connectivity index (χ2n) is 3.22. The van der Waals surface area contributed by atoms with Gasteiger partial charge in [-0.25, -0.2) is 4.98 Å². The Labute approximate surface area is 112 Å². The molecular formula is C12H8BrN3S. The van der Waals surface area contributed by atoms with Gasteiger partial charge in [0, 0.05) is 15.6 Å². The highest BCUT2D eigenvalue weighted by molar-refractivity contribution is 9.10. The second kappa shape index (κ2) is 5.21. The molecule has 0 amide bonds. The summed E-state index contributed by atoms with van der Waals surface area (Å²) >= 11 is 4.74. The highest BCUT2D eigenvalue weighted by Crippen LogP contribution is 2.34. The average molecular weight is 306 g/mol. The third-order valence-corrected chi connectivity index (χ3v) is 3.85. The molecule has 5 heteroatoms. The zero-order chi connectivity index (χ0) is 12.3. The van der Waals surface area contributed by atoms with Crippen molar-refractivity contribution in [3.8, 4) is 6.07 Å². The Balaban J connectivity index is 2.41. The van der Waals surface area contributed by atoms with E-state index in [1.54, 1.807) is 18.3 Å². The molecule has 1 aromatic heterocycles. The van der Waals surface area contributed by atoms with E-state index in [1.807, 2.05) is 18.2 Å². The van der Waals surface area contributed by atoms with Gasteiger partial charge in [0.15, 0.2) is 0 Å². The quantitative estimate of drug-likeness (QED) is 0.923. The molecule has 3 nitrogen and oxygen atoms in total. The summed E-state index contributed by atoms with van der Waals surface area (Å²) in [6.07, 6.45) is 1.68. The van der Waals surface area contributed by atoms with Crippen molar-refractivity contribution < 1.29 is 0 Å². The molecule has 84 valence electrons. The molecule has 0 aliphatic carbocycles. The van der Waals surface area contributed by atoms with Crippen LogP contribution in [-0.2, 0) is 0 Å². The molecule has 0 bridgehead atoms. The van der Waals surface area contributed by atoms with Crippen LogP contribution in [0.25, 0.3) is 0 Å². The minimum absolute atomic E-state index is 0.600. The van der Waals surface area contributed by atoms with Gasteiger partial charge in [0.2, 0.25) is 0 Å². The van der Waals surface area contributed by atoms with E-state index in [0.717, 1.165) is 9.37 Å². The standard InChI is InChI=1S/C12H8BrN3S/c13-9-3-1-5-11(8(9)7-14)17-12-10(15)4-2-6-16-12/h1-6H,15H2. The van der Waals surface area contributed by atoms with Crippen LogP contribution in [0.1, 0.15) is 5.56 Å². The van der Waals surface area contributed by atoms with E-state index in [0.29, 0.717) is 16.3 Å². The van der Waals surface area contributed by atoms with E-state index >= 15 is 0 Å². The van der Waals surface area contributed by atoms with Crippen LogP contribution in [0.3, 0.4) is 0 Å². The van der Waals surface area contributed by atoms with E-state index in [1.165, 1.54) is 11.8 Å². The molecule has 1 aromatic carbocycles. The number of nitrogens with two attached hydrogens (primary N) is 1. The van der Waals surface area contributed by atoms with Crippen LogP contribution >= 0.6 is 27.7 Å². The van der Waals surface area contributed by atoms with Crippen LogP contribution in [0, 0.1) is 11.3 Å². The predicted molar refractivity (Wildman–Crippen MR) is 71.6 cm³/mol. The maximum absolute atomic E-state index is 9.10. The minimum atomic E-state index is 0.600. The van der Waals surface area contributed by atoms with Crippen molar-refractivity contribution in [1.82, 2.24) is 4.98 Å². The number of rotatable bonds is 2. The van der Waals surface area contributed by atoms with Crippen molar-refractivity contribution in [3.63, 3.8) is 0 Å². The van der Waals surface area contributed by atoms with Gasteiger partial charge in [-0.3, -0.25) is 0 Å². The SMILES string of the molecule is N#Cc1c(Br)cccc1Sc1ncccc1N. The molecule has 0 aliphatic rings. The van der Waals surface area contributed by atoms with Gasteiger partial charge in [0.25, 0.3) is 0 Å². The lowest BCUT2D eigenvalue weighted by molar-refractivity contribution is 1.14. The normalized spacial score (nSPS) is 9.88. The van der Waals surface area contributed by atoms with Gasteiger partial charge in [-0.15, -0.1) is 0 Å². The number of anilines is 1. The van der Waals surface area contributed by atoms with Crippen LogP contribution in [-0.4, -0.2) is 4.98 Å². The third kappa shape index (κ3) is 2.60. The van der Waals surface area contributed by atoms with E-state index in [2.05, 4.69) is 27.0 Å². The van der Waals surface area contributed by atoms with Gasteiger partial charge in [-0.1, -0.05) is 17.8 Å². The predicted octanol–water partition coefficient (Wildman–Crippen LogP) is 3.45. The molecule has 0 unspecified atom stereocenters. The minimum Gasteiger partial charge on any atom is -0.397 e. The summed E-state index contributed by atoms with van der Waals surface area (Å²) in [5, 5.41) is 9.81. The summed E-state index contributed by atoms with van der Waals surface area (Å²) in [5.74, 6) is 0. The van der Waals surface area contributed by atoms with E-state index in [-0.39, 0.29) is 0 Å². The molecule has 0 spiro atoms. The summed E-state index contributed by atoms with van der Waals surface area (Å²) in [4.78, 5) is 5.03. The van der Waals surface area contributed by atoms with Crippen molar-refractivity contribution in [3.05, 3.63) is 46.6 Å². The van der Waals surface area contributed by atoms with Crippen LogP contribution in [0.2, 0.25) is 0 Å². The number of pyridine rings is 1. The fourth-order valence-corrected chi connectivity index (χ4v) is 2.79. The van der Waals surface area contributed by atoms with Crippen LogP contribution < -0.4 is 5.73 Å². The zero-order valence-electron chi connectivity index (χ0n) is 8.72. The van der Waals surface area contributed by atoms with Crippen molar-refractivity contribution in [1.29, 1.82) is 5.26 Å². The number of halogens is 1. The summed E-state index contributed by atoms with van der Waals surface area (Å²) in [5.41, 5.74) is 7.03. The van der Waals surface area contributed by atoms with Crippen molar-refractivity contribution >= 4 is 33.4 Å². The molecule has 1 heterocycles. The number of nitriles is 1. The Hall–Kier alpha value is -1.51.